The number of rotatable bonds is 12. The van der Waals surface area contributed by atoms with Crippen molar-refractivity contribution in [3.63, 3.8) is 0 Å². The van der Waals surface area contributed by atoms with Crippen molar-refractivity contribution < 1.29 is 0 Å². The van der Waals surface area contributed by atoms with Crippen molar-refractivity contribution in [1.29, 1.82) is 0 Å². The van der Waals surface area contributed by atoms with Crippen LogP contribution in [0.25, 0.3) is 88.0 Å². The zero-order valence-electron chi connectivity index (χ0n) is 47.9. The molecule has 2 heteroatoms. The lowest BCUT2D eigenvalue weighted by Crippen LogP contribution is -2.29. The standard InChI is InChI=1S/C85H58N2/c1-9-29-59(30-10-1)63-49-52-70(61-33-13-3-14-34-61)79(55-63)86(67-41-21-7-22-42-67)69-51-54-76-77(57-69)72-45-25-27-47-74(72)83-82-75-48-28-26-46-73(75)81(58-78(82)85(84(76)83,65-37-17-5-18-38-65)66-39-19-6-20-40-66)87(68-43-23-8-24-44-68)80-56-64(60-31-11-2-12-32-60)50-53-71(80)62-35-15-4-16-36-62/h1-58H. The highest BCUT2D eigenvalue weighted by Crippen LogP contribution is 2.64. The average molecular weight is 1110 g/mol. The van der Waals surface area contributed by atoms with Crippen molar-refractivity contribution in [3.8, 4) is 55.6 Å². The lowest BCUT2D eigenvalue weighted by molar-refractivity contribution is 0.776. The summed E-state index contributed by atoms with van der Waals surface area (Å²) >= 11 is 0. The molecule has 0 radical (unpaired) electrons. The van der Waals surface area contributed by atoms with Gasteiger partial charge >= 0.3 is 0 Å². The van der Waals surface area contributed by atoms with Gasteiger partial charge in [-0.3, -0.25) is 0 Å². The maximum absolute atomic E-state index is 2.57. The highest BCUT2D eigenvalue weighted by molar-refractivity contribution is 6.24. The molecule has 15 aromatic rings. The SMILES string of the molecule is c1ccc(-c2ccc(-c3ccccc3)c(N(c3ccccc3)c3ccc4c5c(c6ccccc6c4c3)-c3c(cc(N(c4ccccc4)c4cc(-c6ccccc6)ccc4-c4ccccc4)c4ccccc34)C5(c3ccccc3)c3ccccc3)c2)cc1. The van der Waals surface area contributed by atoms with Gasteiger partial charge in [-0.1, -0.05) is 297 Å². The van der Waals surface area contributed by atoms with Gasteiger partial charge in [0.05, 0.1) is 22.5 Å². The van der Waals surface area contributed by atoms with Crippen molar-refractivity contribution in [3.05, 3.63) is 374 Å². The van der Waals surface area contributed by atoms with E-state index < -0.39 is 5.41 Å². The van der Waals surface area contributed by atoms with E-state index in [4.69, 9.17) is 0 Å². The Morgan fingerprint density at radius 2 is 0.598 bits per heavy atom. The summed E-state index contributed by atoms with van der Waals surface area (Å²) in [5.41, 5.74) is 22.4. The van der Waals surface area contributed by atoms with Crippen LogP contribution in [-0.4, -0.2) is 0 Å². The predicted molar refractivity (Wildman–Crippen MR) is 367 cm³/mol. The van der Waals surface area contributed by atoms with Crippen molar-refractivity contribution in [1.82, 2.24) is 0 Å². The van der Waals surface area contributed by atoms with E-state index in [-0.39, 0.29) is 0 Å². The fourth-order valence-corrected chi connectivity index (χ4v) is 14.1. The number of anilines is 6. The highest BCUT2D eigenvalue weighted by atomic mass is 15.2. The number of fused-ring (bicyclic) bond motifs is 10. The van der Waals surface area contributed by atoms with Gasteiger partial charge in [-0.05, 0) is 148 Å². The van der Waals surface area contributed by atoms with Crippen LogP contribution in [0.5, 0.6) is 0 Å². The Morgan fingerprint density at radius 1 is 0.207 bits per heavy atom. The Hall–Kier alpha value is -11.3. The van der Waals surface area contributed by atoms with Crippen LogP contribution < -0.4 is 9.80 Å². The molecule has 408 valence electrons. The van der Waals surface area contributed by atoms with Crippen LogP contribution >= 0.6 is 0 Å². The molecule has 16 rings (SSSR count). The zero-order chi connectivity index (χ0) is 57.7. The monoisotopic (exact) mass is 1110 g/mol. The molecule has 1 aliphatic rings. The van der Waals surface area contributed by atoms with E-state index in [9.17, 15) is 0 Å². The van der Waals surface area contributed by atoms with Crippen molar-refractivity contribution in [2.75, 3.05) is 9.80 Å². The first-order valence-corrected chi connectivity index (χ1v) is 30.1. The molecule has 0 saturated heterocycles. The topological polar surface area (TPSA) is 6.48 Å². The molecule has 0 saturated carbocycles. The van der Waals surface area contributed by atoms with Gasteiger partial charge in [0.25, 0.3) is 0 Å². The molecule has 0 amide bonds. The summed E-state index contributed by atoms with van der Waals surface area (Å²) in [5, 5.41) is 7.18. The third-order valence-corrected chi connectivity index (χ3v) is 17.9. The Balaban J connectivity index is 1.02. The summed E-state index contributed by atoms with van der Waals surface area (Å²) < 4.78 is 0. The van der Waals surface area contributed by atoms with E-state index in [2.05, 4.69) is 362 Å². The summed E-state index contributed by atoms with van der Waals surface area (Å²) in [6, 6.07) is 130. The van der Waals surface area contributed by atoms with Crippen LogP contribution in [-0.2, 0) is 5.41 Å². The van der Waals surface area contributed by atoms with E-state index in [0.717, 1.165) is 72.9 Å². The number of hydrogen-bond acceptors (Lipinski definition) is 2. The summed E-state index contributed by atoms with van der Waals surface area (Å²) in [5.74, 6) is 0. The van der Waals surface area contributed by atoms with E-state index in [0.29, 0.717) is 0 Å². The maximum atomic E-state index is 2.57. The van der Waals surface area contributed by atoms with Crippen LogP contribution in [0.2, 0.25) is 0 Å². The van der Waals surface area contributed by atoms with E-state index in [1.807, 2.05) is 0 Å². The predicted octanol–water partition coefficient (Wildman–Crippen LogP) is 23.1. The van der Waals surface area contributed by atoms with Gasteiger partial charge in [-0.2, -0.15) is 0 Å². The number of benzene rings is 15. The second-order valence-corrected chi connectivity index (χ2v) is 22.6. The summed E-state index contributed by atoms with van der Waals surface area (Å²) in [4.78, 5) is 5.01. The van der Waals surface area contributed by atoms with Crippen molar-refractivity contribution in [2.24, 2.45) is 0 Å². The molecule has 1 aliphatic carbocycles. The molecule has 15 aromatic carbocycles. The molecular formula is C85H58N2. The molecule has 0 N–H and O–H groups in total. The lowest BCUT2D eigenvalue weighted by atomic mass is 9.66. The van der Waals surface area contributed by atoms with E-state index in [1.54, 1.807) is 0 Å². The van der Waals surface area contributed by atoms with Gasteiger partial charge in [0.1, 0.15) is 0 Å². The molecule has 2 nitrogen and oxygen atoms in total. The zero-order valence-corrected chi connectivity index (χ0v) is 47.9. The fourth-order valence-electron chi connectivity index (χ4n) is 14.1. The number of para-hydroxylation sites is 2. The second kappa shape index (κ2) is 21.7. The molecule has 0 unspecified atom stereocenters. The first kappa shape index (κ1) is 51.3. The normalized spacial score (nSPS) is 12.2. The van der Waals surface area contributed by atoms with Gasteiger partial charge in [-0.15, -0.1) is 0 Å². The summed E-state index contributed by atoms with van der Waals surface area (Å²) in [6.07, 6.45) is 0. The van der Waals surface area contributed by atoms with Crippen LogP contribution in [0.15, 0.2) is 352 Å². The van der Waals surface area contributed by atoms with Crippen molar-refractivity contribution in [2.45, 2.75) is 5.41 Å². The fraction of sp³-hybridized carbons (Fsp3) is 0.0118. The Morgan fingerprint density at radius 3 is 1.09 bits per heavy atom. The van der Waals surface area contributed by atoms with Crippen LogP contribution in [0.3, 0.4) is 0 Å². The summed E-state index contributed by atoms with van der Waals surface area (Å²) in [7, 11) is 0. The Kier molecular flexibility index (Phi) is 12.8. The number of hydrogen-bond donors (Lipinski definition) is 0. The Labute approximate surface area is 508 Å². The lowest BCUT2D eigenvalue weighted by Gasteiger charge is -2.36. The van der Waals surface area contributed by atoms with Crippen LogP contribution in [0.4, 0.5) is 34.1 Å². The second-order valence-electron chi connectivity index (χ2n) is 22.6. The Bertz CT molecular complexity index is 4950. The van der Waals surface area contributed by atoms with Crippen LogP contribution in [0.1, 0.15) is 22.3 Å². The summed E-state index contributed by atoms with van der Waals surface area (Å²) in [6.45, 7) is 0. The van der Waals surface area contributed by atoms with Gasteiger partial charge in [0.2, 0.25) is 0 Å². The number of nitrogens with zero attached hydrogens (tertiary/aromatic N) is 2. The van der Waals surface area contributed by atoms with Gasteiger partial charge in [-0.25, -0.2) is 0 Å². The first-order chi connectivity index (χ1) is 43.2. The smallest absolute Gasteiger partial charge is 0.0720 e. The van der Waals surface area contributed by atoms with Gasteiger partial charge in [0, 0.05) is 33.6 Å². The quantitative estimate of drug-likeness (QED) is 0.113. The molecule has 87 heavy (non-hydrogen) atoms. The average Bonchev–Trinajstić information content (AvgIpc) is 1.83. The molecule has 0 atom stereocenters. The third kappa shape index (κ3) is 8.64. The molecule has 0 heterocycles. The molecule has 0 bridgehead atoms. The molecule has 0 spiro atoms. The molecule has 0 fully saturated rings. The third-order valence-electron chi connectivity index (χ3n) is 17.9. The highest BCUT2D eigenvalue weighted by Gasteiger charge is 2.49. The molecule has 0 aliphatic heterocycles. The minimum atomic E-state index is -0.810. The molecular weight excluding hydrogens is 1050 g/mol. The minimum Gasteiger partial charge on any atom is -0.310 e. The van der Waals surface area contributed by atoms with Gasteiger partial charge < -0.3 is 9.80 Å². The van der Waals surface area contributed by atoms with Crippen molar-refractivity contribution >= 4 is 66.4 Å². The maximum Gasteiger partial charge on any atom is 0.0720 e. The van der Waals surface area contributed by atoms with Crippen LogP contribution in [0, 0.1) is 0 Å². The molecule has 0 aromatic heterocycles. The van der Waals surface area contributed by atoms with E-state index >= 15 is 0 Å². The largest absolute Gasteiger partial charge is 0.310 e. The first-order valence-electron chi connectivity index (χ1n) is 30.1. The minimum absolute atomic E-state index is 0.810. The van der Waals surface area contributed by atoms with Gasteiger partial charge in [0.15, 0.2) is 0 Å². The van der Waals surface area contributed by atoms with E-state index in [1.165, 1.54) is 71.4 Å².